The van der Waals surface area contributed by atoms with E-state index in [-0.39, 0.29) is 0 Å². The Hall–Kier alpha value is -0.440. The normalized spacial score (nSPS) is 34.1. The van der Waals surface area contributed by atoms with E-state index in [4.69, 9.17) is 5.11 Å². The molecule has 0 spiro atoms. The maximum Gasteiger partial charge on any atom is 0.320 e. The van der Waals surface area contributed by atoms with Gasteiger partial charge < -0.3 is 5.11 Å². The van der Waals surface area contributed by atoms with E-state index in [2.05, 4.69) is 0 Å². The van der Waals surface area contributed by atoms with Gasteiger partial charge in [-0.15, -0.1) is 11.8 Å². The van der Waals surface area contributed by atoms with Gasteiger partial charge in [0, 0.05) is 0 Å². The van der Waals surface area contributed by atoms with Gasteiger partial charge in [-0.05, 0) is 37.5 Å². The summed E-state index contributed by atoms with van der Waals surface area (Å²) in [5, 5.41) is 8.98. The molecule has 0 bridgehead atoms. The van der Waals surface area contributed by atoms with E-state index in [1.54, 1.807) is 11.8 Å². The highest BCUT2D eigenvalue weighted by molar-refractivity contribution is 8.05. The van der Waals surface area contributed by atoms with Gasteiger partial charge in [-0.25, -0.2) is 0 Å². The molecule has 0 radical (unpaired) electrons. The van der Waals surface area contributed by atoms with Crippen LogP contribution in [0.5, 0.6) is 0 Å². The summed E-state index contributed by atoms with van der Waals surface area (Å²) in [6.45, 7) is 1.83. The van der Waals surface area contributed by atoms with Crippen molar-refractivity contribution in [3.8, 4) is 0 Å². The average molecular weight is 184 g/mol. The Labute approximate surface area is 76.0 Å². The monoisotopic (exact) mass is 184 g/mol. The van der Waals surface area contributed by atoms with Crippen LogP contribution in [0.3, 0.4) is 0 Å². The van der Waals surface area contributed by atoms with Crippen molar-refractivity contribution in [1.29, 1.82) is 0 Å². The lowest BCUT2D eigenvalue weighted by molar-refractivity contribution is -0.139. The highest BCUT2D eigenvalue weighted by atomic mass is 32.2. The number of carboxylic acids is 1. The van der Waals surface area contributed by atoms with E-state index >= 15 is 0 Å². The molecule has 1 aliphatic carbocycles. The summed E-state index contributed by atoms with van der Waals surface area (Å²) >= 11 is 1.57. The molecule has 1 heterocycles. The first kappa shape index (κ1) is 8.17. The van der Waals surface area contributed by atoms with E-state index in [1.807, 2.05) is 6.92 Å². The average Bonchev–Trinajstić information content (AvgIpc) is 2.44. The van der Waals surface area contributed by atoms with E-state index in [1.165, 1.54) is 16.9 Å². The molecule has 2 aliphatic rings. The van der Waals surface area contributed by atoms with Crippen LogP contribution in [0.25, 0.3) is 0 Å². The van der Waals surface area contributed by atoms with Crippen molar-refractivity contribution in [3.63, 3.8) is 0 Å². The first-order chi connectivity index (χ1) is 5.62. The van der Waals surface area contributed by atoms with Crippen LogP contribution < -0.4 is 0 Å². The van der Waals surface area contributed by atoms with Gasteiger partial charge in [0.15, 0.2) is 0 Å². The second-order valence-electron chi connectivity index (χ2n) is 3.70. The Balaban J connectivity index is 2.17. The third-order valence-corrected chi connectivity index (χ3v) is 4.14. The fraction of sp³-hybridized carbons (Fsp3) is 0.667. The second kappa shape index (κ2) is 2.52. The van der Waals surface area contributed by atoms with Gasteiger partial charge in [0.1, 0.15) is 4.75 Å². The Bertz CT molecular complexity index is 252. The minimum Gasteiger partial charge on any atom is -0.480 e. The van der Waals surface area contributed by atoms with Crippen molar-refractivity contribution in [1.82, 2.24) is 0 Å². The van der Waals surface area contributed by atoms with Crippen LogP contribution in [-0.2, 0) is 4.79 Å². The zero-order valence-corrected chi connectivity index (χ0v) is 7.91. The zero-order valence-electron chi connectivity index (χ0n) is 7.09. The maximum absolute atomic E-state index is 10.9. The molecule has 0 aromatic rings. The lowest BCUT2D eigenvalue weighted by Gasteiger charge is -2.18. The lowest BCUT2D eigenvalue weighted by atomic mass is 10.0. The van der Waals surface area contributed by atoms with Crippen LogP contribution in [0, 0.1) is 0 Å². The number of hydrogen-bond acceptors (Lipinski definition) is 2. The number of carbonyl (C=O) groups is 1. The van der Waals surface area contributed by atoms with Crippen LogP contribution in [0.4, 0.5) is 0 Å². The Kier molecular flexibility index (Phi) is 1.72. The molecular formula is C9H12O2S. The number of allylic oxidation sites excluding steroid dienone is 2. The fourth-order valence-electron chi connectivity index (χ4n) is 1.92. The van der Waals surface area contributed by atoms with E-state index in [0.717, 1.165) is 19.3 Å². The topological polar surface area (TPSA) is 37.3 Å². The summed E-state index contributed by atoms with van der Waals surface area (Å²) in [6, 6.07) is 0. The molecule has 12 heavy (non-hydrogen) atoms. The molecule has 0 saturated carbocycles. The molecular weight excluding hydrogens is 172 g/mol. The predicted octanol–water partition coefficient (Wildman–Crippen LogP) is 2.40. The number of hydrogen-bond donors (Lipinski definition) is 1. The van der Waals surface area contributed by atoms with Gasteiger partial charge in [0.05, 0.1) is 0 Å². The summed E-state index contributed by atoms with van der Waals surface area (Å²) in [7, 11) is 0. The van der Waals surface area contributed by atoms with Crippen molar-refractivity contribution < 1.29 is 9.90 Å². The molecule has 0 saturated heterocycles. The molecule has 0 fully saturated rings. The Morgan fingerprint density at radius 2 is 2.33 bits per heavy atom. The molecule has 66 valence electrons. The SMILES string of the molecule is CC1(C(=O)O)CC2=C(CCC2)S1. The van der Waals surface area contributed by atoms with Crippen LogP contribution in [0.2, 0.25) is 0 Å². The molecule has 0 aromatic carbocycles. The molecule has 1 atom stereocenters. The fourth-order valence-corrected chi connectivity index (χ4v) is 3.37. The minimum absolute atomic E-state index is 0.551. The van der Waals surface area contributed by atoms with Gasteiger partial charge in [-0.2, -0.15) is 0 Å². The maximum atomic E-state index is 10.9. The highest BCUT2D eigenvalue weighted by Crippen LogP contribution is 2.52. The summed E-state index contributed by atoms with van der Waals surface area (Å²) in [6.07, 6.45) is 4.24. The number of aliphatic carboxylic acids is 1. The van der Waals surface area contributed by atoms with Crippen molar-refractivity contribution in [2.24, 2.45) is 0 Å². The molecule has 1 N–H and O–H groups in total. The van der Waals surface area contributed by atoms with Crippen LogP contribution in [0.1, 0.15) is 32.6 Å². The van der Waals surface area contributed by atoms with Crippen LogP contribution >= 0.6 is 11.8 Å². The first-order valence-corrected chi connectivity index (χ1v) is 5.07. The van der Waals surface area contributed by atoms with Crippen molar-refractivity contribution in [2.45, 2.75) is 37.4 Å². The van der Waals surface area contributed by atoms with E-state index in [9.17, 15) is 4.79 Å². The summed E-state index contributed by atoms with van der Waals surface area (Å²) in [4.78, 5) is 12.3. The summed E-state index contributed by atoms with van der Waals surface area (Å²) < 4.78 is -0.551. The third-order valence-electron chi connectivity index (χ3n) is 2.63. The molecule has 1 unspecified atom stereocenters. The first-order valence-electron chi connectivity index (χ1n) is 4.25. The molecule has 2 rings (SSSR count). The standard InChI is InChI=1S/C9H12O2S/c1-9(8(10)11)5-6-3-2-4-7(6)12-9/h2-5H2,1H3,(H,10,11). The van der Waals surface area contributed by atoms with Gasteiger partial charge in [-0.1, -0.05) is 5.57 Å². The van der Waals surface area contributed by atoms with Gasteiger partial charge in [-0.3, -0.25) is 4.79 Å². The Morgan fingerprint density at radius 1 is 1.58 bits per heavy atom. The molecule has 2 nitrogen and oxygen atoms in total. The van der Waals surface area contributed by atoms with Crippen molar-refractivity contribution in [3.05, 3.63) is 10.5 Å². The largest absolute Gasteiger partial charge is 0.480 e. The van der Waals surface area contributed by atoms with Gasteiger partial charge in [0.2, 0.25) is 0 Å². The molecule has 0 aromatic heterocycles. The Morgan fingerprint density at radius 3 is 2.92 bits per heavy atom. The second-order valence-corrected chi connectivity index (χ2v) is 5.29. The highest BCUT2D eigenvalue weighted by Gasteiger charge is 2.42. The van der Waals surface area contributed by atoms with E-state index in [0.29, 0.717) is 0 Å². The third kappa shape index (κ3) is 1.07. The molecule has 1 aliphatic heterocycles. The number of thioether (sulfide) groups is 1. The number of rotatable bonds is 1. The summed E-state index contributed by atoms with van der Waals surface area (Å²) in [5.74, 6) is -0.665. The van der Waals surface area contributed by atoms with Crippen molar-refractivity contribution >= 4 is 17.7 Å². The van der Waals surface area contributed by atoms with Crippen LogP contribution in [0.15, 0.2) is 10.5 Å². The lowest BCUT2D eigenvalue weighted by Crippen LogP contribution is -2.29. The number of carboxylic acid groups (broad SMARTS) is 1. The zero-order chi connectivity index (χ0) is 8.77. The minimum atomic E-state index is -0.665. The van der Waals surface area contributed by atoms with Crippen LogP contribution in [-0.4, -0.2) is 15.8 Å². The predicted molar refractivity (Wildman–Crippen MR) is 49.1 cm³/mol. The quantitative estimate of drug-likeness (QED) is 0.680. The smallest absolute Gasteiger partial charge is 0.320 e. The van der Waals surface area contributed by atoms with Gasteiger partial charge >= 0.3 is 5.97 Å². The van der Waals surface area contributed by atoms with Gasteiger partial charge in [0.25, 0.3) is 0 Å². The van der Waals surface area contributed by atoms with E-state index < -0.39 is 10.7 Å². The molecule has 3 heteroatoms. The molecule has 0 amide bonds. The summed E-state index contributed by atoms with van der Waals surface area (Å²) in [5.41, 5.74) is 1.41. The van der Waals surface area contributed by atoms with Crippen molar-refractivity contribution in [2.75, 3.05) is 0 Å².